The molecule has 1 aliphatic rings. The maximum atomic E-state index is 13.3. The number of benzene rings is 2. The molecule has 172 valence electrons. The first kappa shape index (κ1) is 23.2. The van der Waals surface area contributed by atoms with E-state index in [1.807, 2.05) is 0 Å². The summed E-state index contributed by atoms with van der Waals surface area (Å²) in [6.07, 6.45) is 2.26. The second-order valence-corrected chi connectivity index (χ2v) is 9.07. The molecule has 0 radical (unpaired) electrons. The van der Waals surface area contributed by atoms with E-state index in [1.165, 1.54) is 23.5 Å². The number of fused-ring (bicyclic) bond motifs is 1. The molecule has 3 aromatic rings. The average molecular weight is 489 g/mol. The number of aromatic nitrogens is 1. The number of thiazole rings is 1. The number of amides is 1. The van der Waals surface area contributed by atoms with E-state index in [2.05, 4.69) is 4.98 Å². The van der Waals surface area contributed by atoms with E-state index in [-0.39, 0.29) is 11.7 Å². The molecule has 9 heteroatoms. The van der Waals surface area contributed by atoms with Gasteiger partial charge in [0.25, 0.3) is 0 Å². The summed E-state index contributed by atoms with van der Waals surface area (Å²) in [5.41, 5.74) is 4.29. The van der Waals surface area contributed by atoms with Crippen LogP contribution in [0.3, 0.4) is 0 Å². The van der Waals surface area contributed by atoms with Crippen LogP contribution in [0.2, 0.25) is 5.02 Å². The fraction of sp³-hybridized carbons (Fsp3) is 0.292. The van der Waals surface area contributed by atoms with E-state index in [0.717, 1.165) is 16.1 Å². The monoisotopic (exact) mass is 488 g/mol. The third-order valence-electron chi connectivity index (χ3n) is 5.53. The minimum absolute atomic E-state index is 0.0229. The fourth-order valence-corrected chi connectivity index (χ4v) is 5.15. The van der Waals surface area contributed by atoms with Crippen LogP contribution >= 0.6 is 22.9 Å². The number of aryl methyl sites for hydroxylation is 1. The highest BCUT2D eigenvalue weighted by Gasteiger charge is 2.35. The molecular weight excluding hydrogens is 467 g/mol. The largest absolute Gasteiger partial charge is 0.482 e. The molecule has 2 heterocycles. The maximum Gasteiger partial charge on any atom is 0.341 e. The Labute approximate surface area is 199 Å². The number of hydrogen-bond donors (Lipinski definition) is 1. The topological polar surface area (TPSA) is 79.7 Å². The Kier molecular flexibility index (Phi) is 7.25. The predicted octanol–water partition coefficient (Wildman–Crippen LogP) is 4.90. The summed E-state index contributed by atoms with van der Waals surface area (Å²) in [6, 6.07) is 10.8. The summed E-state index contributed by atoms with van der Waals surface area (Å²) in [5.74, 6) is -1.02. The van der Waals surface area contributed by atoms with Crippen molar-refractivity contribution >= 4 is 34.8 Å². The Morgan fingerprint density at radius 2 is 2.03 bits per heavy atom. The van der Waals surface area contributed by atoms with Crippen LogP contribution in [-0.4, -0.2) is 40.0 Å². The van der Waals surface area contributed by atoms with Crippen LogP contribution in [0.15, 0.2) is 48.0 Å². The lowest BCUT2D eigenvalue weighted by molar-refractivity contribution is -0.139. The van der Waals surface area contributed by atoms with Gasteiger partial charge in [0.1, 0.15) is 11.6 Å². The molecule has 1 atom stereocenters. The van der Waals surface area contributed by atoms with Gasteiger partial charge in [-0.3, -0.25) is 4.79 Å². The molecule has 6 nitrogen and oxygen atoms in total. The van der Waals surface area contributed by atoms with Gasteiger partial charge in [0.05, 0.1) is 22.1 Å². The zero-order chi connectivity index (χ0) is 23.4. The van der Waals surface area contributed by atoms with Crippen molar-refractivity contribution in [2.75, 3.05) is 13.2 Å². The SMILES string of the molecule is O=C(O)COc1ccc(Cl)cc1C1c2scnc2CCN1C(=O)CCCc1ccc(F)cc1. The zero-order valence-corrected chi connectivity index (χ0v) is 19.2. The molecule has 2 aromatic carbocycles. The number of ether oxygens (including phenoxy) is 1. The molecule has 33 heavy (non-hydrogen) atoms. The van der Waals surface area contributed by atoms with Crippen molar-refractivity contribution in [2.45, 2.75) is 31.7 Å². The number of hydrogen-bond acceptors (Lipinski definition) is 5. The van der Waals surface area contributed by atoms with Gasteiger partial charge in [0.15, 0.2) is 6.61 Å². The first-order chi connectivity index (χ1) is 15.9. The lowest BCUT2D eigenvalue weighted by Gasteiger charge is -2.36. The highest BCUT2D eigenvalue weighted by Crippen LogP contribution is 2.42. The number of rotatable bonds is 8. The minimum atomic E-state index is -1.09. The van der Waals surface area contributed by atoms with Gasteiger partial charge in [-0.1, -0.05) is 23.7 Å². The number of carbonyl (C=O) groups excluding carboxylic acids is 1. The Balaban J connectivity index is 1.58. The van der Waals surface area contributed by atoms with E-state index >= 15 is 0 Å². The summed E-state index contributed by atoms with van der Waals surface area (Å²) >= 11 is 7.73. The molecule has 4 rings (SSSR count). The Morgan fingerprint density at radius 3 is 2.79 bits per heavy atom. The zero-order valence-electron chi connectivity index (χ0n) is 17.7. The molecule has 0 saturated heterocycles. The van der Waals surface area contributed by atoms with Crippen LogP contribution in [0.25, 0.3) is 0 Å². The molecule has 1 aromatic heterocycles. The molecular formula is C24H22ClFN2O4S. The molecule has 1 aliphatic heterocycles. The lowest BCUT2D eigenvalue weighted by atomic mass is 9.95. The van der Waals surface area contributed by atoms with Gasteiger partial charge in [-0.25, -0.2) is 14.2 Å². The number of aliphatic carboxylic acids is 1. The van der Waals surface area contributed by atoms with Crippen LogP contribution in [0.1, 0.15) is 40.6 Å². The van der Waals surface area contributed by atoms with Gasteiger partial charge in [0, 0.05) is 30.0 Å². The van der Waals surface area contributed by atoms with E-state index in [1.54, 1.807) is 40.7 Å². The maximum absolute atomic E-state index is 13.3. The minimum Gasteiger partial charge on any atom is -0.482 e. The smallest absolute Gasteiger partial charge is 0.341 e. The summed E-state index contributed by atoms with van der Waals surface area (Å²) in [4.78, 5) is 31.5. The van der Waals surface area contributed by atoms with E-state index in [4.69, 9.17) is 21.4 Å². The molecule has 0 aliphatic carbocycles. The van der Waals surface area contributed by atoms with Gasteiger partial charge in [-0.15, -0.1) is 11.3 Å². The fourth-order valence-electron chi connectivity index (χ4n) is 4.01. The summed E-state index contributed by atoms with van der Waals surface area (Å²) in [7, 11) is 0. The lowest BCUT2D eigenvalue weighted by Crippen LogP contribution is -2.40. The van der Waals surface area contributed by atoms with Gasteiger partial charge in [-0.05, 0) is 48.7 Å². The highest BCUT2D eigenvalue weighted by molar-refractivity contribution is 7.09. The number of carboxylic acids is 1. The van der Waals surface area contributed by atoms with E-state index in [9.17, 15) is 14.0 Å². The van der Waals surface area contributed by atoms with Gasteiger partial charge >= 0.3 is 5.97 Å². The van der Waals surface area contributed by atoms with Crippen LogP contribution in [0.4, 0.5) is 4.39 Å². The molecule has 1 N–H and O–H groups in total. The first-order valence-electron chi connectivity index (χ1n) is 10.5. The highest BCUT2D eigenvalue weighted by atomic mass is 35.5. The van der Waals surface area contributed by atoms with Crippen LogP contribution < -0.4 is 4.74 Å². The third-order valence-corrected chi connectivity index (χ3v) is 6.69. The van der Waals surface area contributed by atoms with E-state index in [0.29, 0.717) is 48.6 Å². The predicted molar refractivity (Wildman–Crippen MR) is 123 cm³/mol. The number of carbonyl (C=O) groups is 2. The van der Waals surface area contributed by atoms with E-state index < -0.39 is 18.6 Å². The first-order valence-corrected chi connectivity index (χ1v) is 11.8. The summed E-state index contributed by atoms with van der Waals surface area (Å²) in [6.45, 7) is -0.00974. The normalized spacial score (nSPS) is 15.2. The Bertz CT molecular complexity index is 1150. The van der Waals surface area contributed by atoms with Crippen molar-refractivity contribution in [3.63, 3.8) is 0 Å². The summed E-state index contributed by atoms with van der Waals surface area (Å²) < 4.78 is 18.7. The molecule has 0 saturated carbocycles. The van der Waals surface area contributed by atoms with Gasteiger partial charge < -0.3 is 14.7 Å². The number of nitrogens with zero attached hydrogens (tertiary/aromatic N) is 2. The van der Waals surface area contributed by atoms with Crippen molar-refractivity contribution in [1.82, 2.24) is 9.88 Å². The summed E-state index contributed by atoms with van der Waals surface area (Å²) in [5, 5.41) is 9.52. The molecule has 1 amide bonds. The Hall–Kier alpha value is -2.97. The van der Waals surface area contributed by atoms with Crippen LogP contribution in [0.5, 0.6) is 5.75 Å². The van der Waals surface area contributed by atoms with Crippen molar-refractivity contribution < 1.29 is 23.8 Å². The molecule has 1 unspecified atom stereocenters. The third kappa shape index (κ3) is 5.51. The van der Waals surface area contributed by atoms with Gasteiger partial charge in [0.2, 0.25) is 5.91 Å². The van der Waals surface area contributed by atoms with Crippen molar-refractivity contribution in [1.29, 1.82) is 0 Å². The second-order valence-electron chi connectivity index (χ2n) is 7.75. The second kappa shape index (κ2) is 10.3. The molecule has 0 spiro atoms. The average Bonchev–Trinajstić information content (AvgIpc) is 3.27. The van der Waals surface area contributed by atoms with Crippen LogP contribution in [0, 0.1) is 5.82 Å². The number of carboxylic acid groups (broad SMARTS) is 1. The van der Waals surface area contributed by atoms with Gasteiger partial charge in [-0.2, -0.15) is 0 Å². The standard InChI is InChI=1S/C24H22ClFN2O4S/c25-16-6-9-20(32-13-22(30)31)18(12-16)23-24-19(27-14-33-24)10-11-28(23)21(29)3-1-2-15-4-7-17(26)8-5-15/h4-9,12,14,23H,1-3,10-11,13H2,(H,30,31). The molecule has 0 fully saturated rings. The van der Waals surface area contributed by atoms with Crippen molar-refractivity contribution in [3.8, 4) is 5.75 Å². The van der Waals surface area contributed by atoms with Crippen molar-refractivity contribution in [2.24, 2.45) is 0 Å². The quantitative estimate of drug-likeness (QED) is 0.488. The molecule has 0 bridgehead atoms. The number of halogens is 2. The Morgan fingerprint density at radius 1 is 1.24 bits per heavy atom. The van der Waals surface area contributed by atoms with Crippen LogP contribution in [-0.2, 0) is 22.4 Å². The van der Waals surface area contributed by atoms with Crippen molar-refractivity contribution in [3.05, 3.63) is 80.5 Å².